The van der Waals surface area contributed by atoms with Crippen molar-refractivity contribution in [2.75, 3.05) is 19.7 Å². The summed E-state index contributed by atoms with van der Waals surface area (Å²) in [4.78, 5) is 15.0. The Morgan fingerprint density at radius 3 is 2.22 bits per heavy atom. The fourth-order valence-corrected chi connectivity index (χ4v) is 4.49. The van der Waals surface area contributed by atoms with Crippen LogP contribution in [0, 0.1) is 11.3 Å². The molecule has 3 aromatic rings. The monoisotopic (exact) mass is 493 g/mol. The predicted molar refractivity (Wildman–Crippen MR) is 129 cm³/mol. The number of hydrogen-bond acceptors (Lipinski definition) is 4. The van der Waals surface area contributed by atoms with Crippen molar-refractivity contribution in [2.24, 2.45) is 0 Å². The topological polar surface area (TPSA) is 65.4 Å². The molecule has 0 aromatic heterocycles. The number of amides is 1. The standard InChI is InChI=1S/C28H26F3N3O2/c1-2-36-25-13-9-21(10-14-25)26(20-5-3-19(17-32)4-6-20)34-16-15-24(18-34)33-27(35)22-7-11-23(12-8-22)28(29,30)31/h3-14,24,26H,2,15-16,18H2,1H3,(H,33,35)/t24?,26-/m1/s1. The van der Waals surface area contributed by atoms with Crippen LogP contribution in [0.3, 0.4) is 0 Å². The molecule has 0 aliphatic carbocycles. The first-order valence-electron chi connectivity index (χ1n) is 11.7. The maximum absolute atomic E-state index is 12.8. The summed E-state index contributed by atoms with van der Waals surface area (Å²) in [6, 6.07) is 21.5. The van der Waals surface area contributed by atoms with Crippen LogP contribution in [0.1, 0.15) is 52.0 Å². The number of carbonyl (C=O) groups is 1. The Morgan fingerprint density at radius 1 is 1.06 bits per heavy atom. The van der Waals surface area contributed by atoms with Crippen LogP contribution < -0.4 is 10.1 Å². The second-order valence-corrected chi connectivity index (χ2v) is 8.67. The van der Waals surface area contributed by atoms with Crippen LogP contribution in [0.5, 0.6) is 5.75 Å². The van der Waals surface area contributed by atoms with E-state index in [1.54, 1.807) is 12.1 Å². The molecule has 1 amide bonds. The third-order valence-electron chi connectivity index (χ3n) is 6.26. The van der Waals surface area contributed by atoms with Crippen LogP contribution >= 0.6 is 0 Å². The van der Waals surface area contributed by atoms with E-state index in [9.17, 15) is 23.2 Å². The Labute approximate surface area is 208 Å². The number of rotatable bonds is 7. The van der Waals surface area contributed by atoms with E-state index in [0.717, 1.165) is 35.6 Å². The molecule has 1 heterocycles. The van der Waals surface area contributed by atoms with Gasteiger partial charge in [0.15, 0.2) is 0 Å². The molecule has 36 heavy (non-hydrogen) atoms. The van der Waals surface area contributed by atoms with Gasteiger partial charge in [0.2, 0.25) is 0 Å². The molecule has 8 heteroatoms. The van der Waals surface area contributed by atoms with Crippen molar-refractivity contribution in [3.8, 4) is 11.8 Å². The second kappa shape index (κ2) is 10.8. The van der Waals surface area contributed by atoms with E-state index >= 15 is 0 Å². The summed E-state index contributed by atoms with van der Waals surface area (Å²) in [6.07, 6.45) is -3.74. The third-order valence-corrected chi connectivity index (χ3v) is 6.26. The first-order valence-corrected chi connectivity index (χ1v) is 11.7. The lowest BCUT2D eigenvalue weighted by atomic mass is 9.96. The molecule has 186 valence electrons. The summed E-state index contributed by atoms with van der Waals surface area (Å²) >= 11 is 0. The highest BCUT2D eigenvalue weighted by Gasteiger charge is 2.32. The zero-order valence-electron chi connectivity index (χ0n) is 19.8. The Bertz CT molecular complexity index is 1220. The molecule has 3 aromatic carbocycles. The minimum absolute atomic E-state index is 0.0959. The molecule has 1 unspecified atom stereocenters. The molecule has 1 fully saturated rings. The van der Waals surface area contributed by atoms with Gasteiger partial charge in [-0.1, -0.05) is 24.3 Å². The van der Waals surface area contributed by atoms with Gasteiger partial charge in [0, 0.05) is 24.7 Å². The van der Waals surface area contributed by atoms with Gasteiger partial charge in [-0.3, -0.25) is 9.69 Å². The number of halogens is 3. The zero-order chi connectivity index (χ0) is 25.7. The summed E-state index contributed by atoms with van der Waals surface area (Å²) < 4.78 is 44.0. The number of alkyl halides is 3. The normalized spacial score (nSPS) is 16.8. The van der Waals surface area contributed by atoms with E-state index in [-0.39, 0.29) is 17.6 Å². The van der Waals surface area contributed by atoms with E-state index in [1.807, 2.05) is 43.3 Å². The third kappa shape index (κ3) is 5.86. The molecule has 0 saturated carbocycles. The van der Waals surface area contributed by atoms with Crippen molar-refractivity contribution in [1.82, 2.24) is 10.2 Å². The zero-order valence-corrected chi connectivity index (χ0v) is 19.8. The molecular formula is C28H26F3N3O2. The number of likely N-dealkylation sites (tertiary alicyclic amines) is 1. The van der Waals surface area contributed by atoms with Gasteiger partial charge in [0.25, 0.3) is 5.91 Å². The summed E-state index contributed by atoms with van der Waals surface area (Å²) in [6.45, 7) is 3.79. The average Bonchev–Trinajstić information content (AvgIpc) is 3.33. The summed E-state index contributed by atoms with van der Waals surface area (Å²) in [5.74, 6) is 0.384. The Kier molecular flexibility index (Phi) is 7.61. The van der Waals surface area contributed by atoms with Gasteiger partial charge < -0.3 is 10.1 Å². The minimum atomic E-state index is -4.44. The largest absolute Gasteiger partial charge is 0.494 e. The number of ether oxygens (including phenoxy) is 1. The fraction of sp³-hybridized carbons (Fsp3) is 0.286. The Hall–Kier alpha value is -3.83. The molecule has 4 rings (SSSR count). The SMILES string of the molecule is CCOc1ccc([C@@H](c2ccc(C#N)cc2)N2CCC(NC(=O)c3ccc(C(F)(F)F)cc3)C2)cc1. The molecule has 2 atom stereocenters. The first kappa shape index (κ1) is 25.3. The van der Waals surface area contributed by atoms with Crippen molar-refractivity contribution in [1.29, 1.82) is 5.26 Å². The van der Waals surface area contributed by atoms with Gasteiger partial charge in [0.05, 0.1) is 29.8 Å². The highest BCUT2D eigenvalue weighted by Crippen LogP contribution is 2.33. The molecule has 0 spiro atoms. The maximum Gasteiger partial charge on any atom is 0.416 e. The number of nitrogens with one attached hydrogen (secondary N) is 1. The van der Waals surface area contributed by atoms with Gasteiger partial charge in [-0.25, -0.2) is 0 Å². The molecule has 1 N–H and O–H groups in total. The van der Waals surface area contributed by atoms with E-state index in [1.165, 1.54) is 12.1 Å². The summed E-state index contributed by atoms with van der Waals surface area (Å²) in [7, 11) is 0. The highest BCUT2D eigenvalue weighted by molar-refractivity contribution is 5.94. The van der Waals surface area contributed by atoms with Crippen molar-refractivity contribution in [3.05, 3.63) is 101 Å². The van der Waals surface area contributed by atoms with Crippen LogP contribution in [0.25, 0.3) is 0 Å². The number of nitrogens with zero attached hydrogens (tertiary/aromatic N) is 2. The number of hydrogen-bond donors (Lipinski definition) is 1. The lowest BCUT2D eigenvalue weighted by Crippen LogP contribution is -2.38. The smallest absolute Gasteiger partial charge is 0.416 e. The number of nitriles is 1. The van der Waals surface area contributed by atoms with Crippen LogP contribution in [0.15, 0.2) is 72.8 Å². The van der Waals surface area contributed by atoms with Gasteiger partial charge in [-0.2, -0.15) is 18.4 Å². The van der Waals surface area contributed by atoms with Crippen LogP contribution in [-0.4, -0.2) is 36.5 Å². The van der Waals surface area contributed by atoms with Crippen LogP contribution in [0.4, 0.5) is 13.2 Å². The molecule has 1 aliphatic rings. The van der Waals surface area contributed by atoms with Crippen molar-refractivity contribution in [2.45, 2.75) is 31.6 Å². The molecule has 5 nitrogen and oxygen atoms in total. The molecule has 1 saturated heterocycles. The van der Waals surface area contributed by atoms with Crippen LogP contribution in [0.2, 0.25) is 0 Å². The van der Waals surface area contributed by atoms with Gasteiger partial charge in [-0.15, -0.1) is 0 Å². The Balaban J connectivity index is 1.50. The van der Waals surface area contributed by atoms with Crippen molar-refractivity contribution in [3.63, 3.8) is 0 Å². The molecule has 0 bridgehead atoms. The predicted octanol–water partition coefficient (Wildman–Crippen LogP) is 5.57. The van der Waals surface area contributed by atoms with E-state index in [4.69, 9.17) is 4.74 Å². The summed E-state index contributed by atoms with van der Waals surface area (Å²) in [5, 5.41) is 12.1. The lowest BCUT2D eigenvalue weighted by Gasteiger charge is -2.29. The molecule has 1 aliphatic heterocycles. The molecule has 0 radical (unpaired) electrons. The fourth-order valence-electron chi connectivity index (χ4n) is 4.49. The maximum atomic E-state index is 12.8. The van der Waals surface area contributed by atoms with Crippen molar-refractivity contribution < 1.29 is 22.7 Å². The average molecular weight is 494 g/mol. The van der Waals surface area contributed by atoms with Crippen LogP contribution in [-0.2, 0) is 6.18 Å². The van der Waals surface area contributed by atoms with E-state index in [2.05, 4.69) is 16.3 Å². The Morgan fingerprint density at radius 2 is 1.67 bits per heavy atom. The molecular weight excluding hydrogens is 467 g/mol. The summed E-state index contributed by atoms with van der Waals surface area (Å²) in [5.41, 5.74) is 2.06. The highest BCUT2D eigenvalue weighted by atomic mass is 19.4. The van der Waals surface area contributed by atoms with Gasteiger partial charge in [-0.05, 0) is 73.0 Å². The van der Waals surface area contributed by atoms with Gasteiger partial charge >= 0.3 is 6.18 Å². The number of benzene rings is 3. The quantitative estimate of drug-likeness (QED) is 0.468. The minimum Gasteiger partial charge on any atom is -0.494 e. The number of carbonyl (C=O) groups excluding carboxylic acids is 1. The lowest BCUT2D eigenvalue weighted by molar-refractivity contribution is -0.137. The first-order chi connectivity index (χ1) is 17.3. The van der Waals surface area contributed by atoms with Crippen molar-refractivity contribution >= 4 is 5.91 Å². The van der Waals surface area contributed by atoms with Gasteiger partial charge in [0.1, 0.15) is 5.75 Å². The van der Waals surface area contributed by atoms with E-state index in [0.29, 0.717) is 25.1 Å². The second-order valence-electron chi connectivity index (χ2n) is 8.67. The van der Waals surface area contributed by atoms with E-state index < -0.39 is 17.6 Å².